The van der Waals surface area contributed by atoms with Gasteiger partial charge in [-0.1, -0.05) is 29.8 Å². The SMILES string of the molecule is Cc1nn(-c2ccccc2)c(C)c1C[NH+](C)CC(=O)Nc1cccnc1Cl. The number of rotatable bonds is 6. The summed E-state index contributed by atoms with van der Waals surface area (Å²) in [5.74, 6) is -0.104. The van der Waals surface area contributed by atoms with Gasteiger partial charge in [-0.15, -0.1) is 0 Å². The fourth-order valence-corrected chi connectivity index (χ4v) is 3.23. The molecule has 0 aliphatic carbocycles. The summed E-state index contributed by atoms with van der Waals surface area (Å²) in [5, 5.41) is 7.77. The molecule has 0 saturated carbocycles. The second-order valence-corrected chi connectivity index (χ2v) is 6.96. The average molecular weight is 385 g/mol. The van der Waals surface area contributed by atoms with Crippen molar-refractivity contribution in [3.8, 4) is 5.69 Å². The Bertz CT molecular complexity index is 939. The first-order valence-corrected chi connectivity index (χ1v) is 9.15. The van der Waals surface area contributed by atoms with Crippen LogP contribution in [-0.4, -0.2) is 34.3 Å². The highest BCUT2D eigenvalue weighted by molar-refractivity contribution is 6.32. The third kappa shape index (κ3) is 4.53. The van der Waals surface area contributed by atoms with Crippen LogP contribution in [0.25, 0.3) is 5.69 Å². The van der Waals surface area contributed by atoms with Crippen molar-refractivity contribution in [1.82, 2.24) is 14.8 Å². The Hall–Kier alpha value is -2.70. The second kappa shape index (κ2) is 8.33. The quantitative estimate of drug-likeness (QED) is 0.640. The number of aromatic nitrogens is 3. The second-order valence-electron chi connectivity index (χ2n) is 6.60. The van der Waals surface area contributed by atoms with Gasteiger partial charge in [-0.25, -0.2) is 9.67 Å². The van der Waals surface area contributed by atoms with Gasteiger partial charge in [0.25, 0.3) is 5.91 Å². The van der Waals surface area contributed by atoms with Crippen LogP contribution in [0.1, 0.15) is 17.0 Å². The number of benzene rings is 1. The zero-order valence-corrected chi connectivity index (χ0v) is 16.4. The number of nitrogens with one attached hydrogen (secondary N) is 2. The molecule has 1 unspecified atom stereocenters. The molecule has 3 rings (SSSR count). The smallest absolute Gasteiger partial charge is 0.279 e. The highest BCUT2D eigenvalue weighted by atomic mass is 35.5. The highest BCUT2D eigenvalue weighted by Crippen LogP contribution is 2.18. The van der Waals surface area contributed by atoms with Crippen LogP contribution in [0.5, 0.6) is 0 Å². The Morgan fingerprint density at radius 1 is 1.19 bits per heavy atom. The number of carbonyl (C=O) groups is 1. The van der Waals surface area contributed by atoms with Crippen LogP contribution in [-0.2, 0) is 11.3 Å². The van der Waals surface area contributed by atoms with Crippen molar-refractivity contribution in [1.29, 1.82) is 0 Å². The van der Waals surface area contributed by atoms with Gasteiger partial charge in [0.2, 0.25) is 0 Å². The van der Waals surface area contributed by atoms with Gasteiger partial charge in [0.1, 0.15) is 6.54 Å². The summed E-state index contributed by atoms with van der Waals surface area (Å²) in [6.07, 6.45) is 1.59. The van der Waals surface area contributed by atoms with Crippen LogP contribution in [0.15, 0.2) is 48.7 Å². The van der Waals surface area contributed by atoms with Crippen LogP contribution in [0.4, 0.5) is 5.69 Å². The van der Waals surface area contributed by atoms with Crippen LogP contribution >= 0.6 is 11.6 Å². The monoisotopic (exact) mass is 384 g/mol. The maximum absolute atomic E-state index is 12.3. The summed E-state index contributed by atoms with van der Waals surface area (Å²) in [4.78, 5) is 17.4. The third-order valence-corrected chi connectivity index (χ3v) is 4.72. The number of carbonyl (C=O) groups excluding carboxylic acids is 1. The van der Waals surface area contributed by atoms with Crippen LogP contribution in [0, 0.1) is 13.8 Å². The van der Waals surface area contributed by atoms with E-state index in [0.29, 0.717) is 23.9 Å². The number of quaternary nitrogens is 1. The molecule has 7 heteroatoms. The van der Waals surface area contributed by atoms with Crippen molar-refractivity contribution in [3.63, 3.8) is 0 Å². The van der Waals surface area contributed by atoms with E-state index in [-0.39, 0.29) is 5.91 Å². The van der Waals surface area contributed by atoms with Crippen molar-refractivity contribution >= 4 is 23.2 Å². The molecule has 0 spiro atoms. The van der Waals surface area contributed by atoms with E-state index in [4.69, 9.17) is 11.6 Å². The zero-order chi connectivity index (χ0) is 19.4. The maximum atomic E-state index is 12.3. The predicted molar refractivity (Wildman–Crippen MR) is 106 cm³/mol. The molecule has 2 N–H and O–H groups in total. The number of nitrogens with zero attached hydrogens (tertiary/aromatic N) is 3. The first kappa shape index (κ1) is 19.1. The van der Waals surface area contributed by atoms with Crippen LogP contribution in [0.3, 0.4) is 0 Å². The number of para-hydroxylation sites is 1. The van der Waals surface area contributed by atoms with Gasteiger partial charge in [0.15, 0.2) is 11.7 Å². The van der Waals surface area contributed by atoms with E-state index in [0.717, 1.165) is 27.5 Å². The number of hydrogen-bond donors (Lipinski definition) is 2. The third-order valence-electron chi connectivity index (χ3n) is 4.42. The molecule has 0 fully saturated rings. The minimum Gasteiger partial charge on any atom is -0.326 e. The topological polar surface area (TPSA) is 64.2 Å². The standard InChI is InChI=1S/C20H22ClN5O/c1-14-17(15(2)26(24-14)16-8-5-4-6-9-16)12-25(3)13-19(27)23-18-10-7-11-22-20(18)21/h4-11H,12-13H2,1-3H3,(H,23,27)/p+1. The fraction of sp³-hybridized carbons (Fsp3) is 0.250. The van der Waals surface area contributed by atoms with Crippen molar-refractivity contribution in [2.45, 2.75) is 20.4 Å². The lowest BCUT2D eigenvalue weighted by atomic mass is 10.2. The average Bonchev–Trinajstić information content (AvgIpc) is 2.92. The van der Waals surface area contributed by atoms with Gasteiger partial charge in [-0.05, 0) is 38.1 Å². The van der Waals surface area contributed by atoms with E-state index in [9.17, 15) is 4.79 Å². The van der Waals surface area contributed by atoms with Gasteiger partial charge in [0, 0.05) is 6.20 Å². The maximum Gasteiger partial charge on any atom is 0.279 e. The predicted octanol–water partition coefficient (Wildman–Crippen LogP) is 2.19. The summed E-state index contributed by atoms with van der Waals surface area (Å²) in [7, 11) is 1.99. The Morgan fingerprint density at radius 2 is 1.93 bits per heavy atom. The normalized spacial score (nSPS) is 12.0. The van der Waals surface area contributed by atoms with E-state index in [1.807, 2.05) is 49.0 Å². The first-order chi connectivity index (χ1) is 13.0. The molecule has 0 aliphatic heterocycles. The minimum atomic E-state index is -0.104. The molecule has 0 bridgehead atoms. The molecular weight excluding hydrogens is 362 g/mol. The van der Waals surface area contributed by atoms with Crippen molar-refractivity contribution in [2.75, 3.05) is 18.9 Å². The van der Waals surface area contributed by atoms with E-state index >= 15 is 0 Å². The van der Waals surface area contributed by atoms with Gasteiger partial charge in [-0.2, -0.15) is 5.10 Å². The molecule has 0 aliphatic rings. The highest BCUT2D eigenvalue weighted by Gasteiger charge is 2.18. The lowest BCUT2D eigenvalue weighted by Gasteiger charge is -2.14. The molecule has 27 heavy (non-hydrogen) atoms. The number of hydrogen-bond acceptors (Lipinski definition) is 3. The Balaban J connectivity index is 1.68. The molecule has 3 aromatic rings. The van der Waals surface area contributed by atoms with Gasteiger partial charge in [0.05, 0.1) is 35.4 Å². The number of aryl methyl sites for hydroxylation is 1. The molecule has 1 atom stereocenters. The van der Waals surface area contributed by atoms with E-state index in [1.54, 1.807) is 18.3 Å². The van der Waals surface area contributed by atoms with Crippen LogP contribution < -0.4 is 10.2 Å². The number of likely N-dealkylation sites (N-methyl/N-ethyl adjacent to an activating group) is 1. The molecular formula is C20H23ClN5O+. The number of pyridine rings is 1. The molecule has 2 aromatic heterocycles. The molecule has 2 heterocycles. The van der Waals surface area contributed by atoms with Crippen molar-refractivity contribution in [3.05, 3.63) is 70.8 Å². The zero-order valence-electron chi connectivity index (χ0n) is 15.7. The van der Waals surface area contributed by atoms with Crippen LogP contribution in [0.2, 0.25) is 5.15 Å². The Kier molecular flexibility index (Phi) is 5.88. The molecule has 6 nitrogen and oxygen atoms in total. The number of halogens is 1. The number of amides is 1. The van der Waals surface area contributed by atoms with Gasteiger partial charge < -0.3 is 10.2 Å². The molecule has 0 radical (unpaired) electrons. The lowest BCUT2D eigenvalue weighted by molar-refractivity contribution is -0.885. The Labute approximate surface area is 163 Å². The Morgan fingerprint density at radius 3 is 2.63 bits per heavy atom. The minimum absolute atomic E-state index is 0.104. The molecule has 1 amide bonds. The van der Waals surface area contributed by atoms with Crippen molar-refractivity contribution in [2.24, 2.45) is 0 Å². The molecule has 1 aromatic carbocycles. The van der Waals surface area contributed by atoms with E-state index in [2.05, 4.69) is 22.3 Å². The van der Waals surface area contributed by atoms with Gasteiger partial charge in [-0.3, -0.25) is 4.79 Å². The summed E-state index contributed by atoms with van der Waals surface area (Å²) in [6, 6.07) is 13.5. The molecule has 0 saturated heterocycles. The molecule has 140 valence electrons. The first-order valence-electron chi connectivity index (χ1n) is 8.78. The summed E-state index contributed by atoms with van der Waals surface area (Å²) in [5.41, 5.74) is 4.79. The summed E-state index contributed by atoms with van der Waals surface area (Å²) >= 11 is 5.99. The lowest BCUT2D eigenvalue weighted by Crippen LogP contribution is -3.08. The number of anilines is 1. The van der Waals surface area contributed by atoms with Crippen molar-refractivity contribution < 1.29 is 9.69 Å². The summed E-state index contributed by atoms with van der Waals surface area (Å²) in [6.45, 7) is 5.09. The van der Waals surface area contributed by atoms with E-state index < -0.39 is 0 Å². The van der Waals surface area contributed by atoms with E-state index in [1.165, 1.54) is 0 Å². The van der Waals surface area contributed by atoms with Gasteiger partial charge >= 0.3 is 0 Å². The fourth-order valence-electron chi connectivity index (χ4n) is 3.06. The largest absolute Gasteiger partial charge is 0.326 e. The summed E-state index contributed by atoms with van der Waals surface area (Å²) < 4.78 is 1.95.